The van der Waals surface area contributed by atoms with Crippen molar-refractivity contribution in [2.45, 2.75) is 5.16 Å². The largest absolute Gasteiger partial charge is 0.486 e. The molecule has 0 aliphatic carbocycles. The molecule has 9 nitrogen and oxygen atoms in total. The van der Waals surface area contributed by atoms with Gasteiger partial charge in [0, 0.05) is 24.0 Å². The Labute approximate surface area is 145 Å². The summed E-state index contributed by atoms with van der Waals surface area (Å²) in [7, 11) is 0. The second kappa shape index (κ2) is 6.48. The number of benzene rings is 1. The molecule has 1 aliphatic rings. The molecule has 1 aromatic carbocycles. The average Bonchev–Trinajstić information content (AvgIpc) is 3.02. The van der Waals surface area contributed by atoms with E-state index >= 15 is 0 Å². The van der Waals surface area contributed by atoms with Gasteiger partial charge in [-0.15, -0.1) is 10.2 Å². The standard InChI is InChI=1S/C15H13N5O4S/c21-12-3-4-20-14(17-12)18-19-15(20)25-8-13(22)16-9-1-2-10-11(7-9)24-6-5-23-10/h1-4,7H,5-6,8H2,(H,16,22)(H,17,18,21). The van der Waals surface area contributed by atoms with E-state index in [0.717, 1.165) is 0 Å². The van der Waals surface area contributed by atoms with Crippen molar-refractivity contribution in [2.24, 2.45) is 0 Å². The number of nitrogens with zero attached hydrogens (tertiary/aromatic N) is 3. The van der Waals surface area contributed by atoms with Crippen molar-refractivity contribution in [2.75, 3.05) is 24.3 Å². The van der Waals surface area contributed by atoms with Crippen molar-refractivity contribution >= 4 is 29.1 Å². The maximum absolute atomic E-state index is 12.1. The van der Waals surface area contributed by atoms with Crippen LogP contribution in [-0.4, -0.2) is 44.5 Å². The smallest absolute Gasteiger partial charge is 0.252 e. The van der Waals surface area contributed by atoms with Crippen LogP contribution in [0.1, 0.15) is 0 Å². The highest BCUT2D eigenvalue weighted by Gasteiger charge is 2.14. The van der Waals surface area contributed by atoms with E-state index in [0.29, 0.717) is 41.3 Å². The molecule has 4 rings (SSSR count). The SMILES string of the molecule is O=C(CSc1nnc2[nH]c(=O)ccn12)Nc1ccc2c(c1)OCCO2. The average molecular weight is 359 g/mol. The molecule has 1 aliphatic heterocycles. The lowest BCUT2D eigenvalue weighted by Crippen LogP contribution is -2.17. The van der Waals surface area contributed by atoms with Crippen LogP contribution in [0.25, 0.3) is 5.78 Å². The van der Waals surface area contributed by atoms with E-state index in [1.807, 2.05) is 0 Å². The first kappa shape index (κ1) is 15.5. The third-order valence-electron chi connectivity index (χ3n) is 3.43. The van der Waals surface area contributed by atoms with E-state index < -0.39 is 0 Å². The van der Waals surface area contributed by atoms with Crippen LogP contribution in [0.4, 0.5) is 5.69 Å². The number of H-pyrrole nitrogens is 1. The third-order valence-corrected chi connectivity index (χ3v) is 4.38. The Morgan fingerprint density at radius 3 is 2.96 bits per heavy atom. The van der Waals surface area contributed by atoms with Gasteiger partial charge in [-0.1, -0.05) is 11.8 Å². The second-order valence-electron chi connectivity index (χ2n) is 5.18. The topological polar surface area (TPSA) is 111 Å². The van der Waals surface area contributed by atoms with Crippen LogP contribution in [0.15, 0.2) is 40.4 Å². The summed E-state index contributed by atoms with van der Waals surface area (Å²) in [6, 6.07) is 6.62. The van der Waals surface area contributed by atoms with Crippen molar-refractivity contribution in [3.63, 3.8) is 0 Å². The lowest BCUT2D eigenvalue weighted by atomic mass is 10.2. The molecule has 0 saturated carbocycles. The molecule has 0 saturated heterocycles. The van der Waals surface area contributed by atoms with Crippen molar-refractivity contribution < 1.29 is 14.3 Å². The Hall–Kier alpha value is -3.01. The molecule has 0 unspecified atom stereocenters. The Bertz CT molecular complexity index is 999. The summed E-state index contributed by atoms with van der Waals surface area (Å²) >= 11 is 1.22. The Morgan fingerprint density at radius 1 is 1.24 bits per heavy atom. The summed E-state index contributed by atoms with van der Waals surface area (Å²) in [5, 5.41) is 11.1. The van der Waals surface area contributed by atoms with Crippen LogP contribution in [-0.2, 0) is 4.79 Å². The minimum absolute atomic E-state index is 0.147. The van der Waals surface area contributed by atoms with Crippen LogP contribution in [0.3, 0.4) is 0 Å². The number of thioether (sulfide) groups is 1. The van der Waals surface area contributed by atoms with Gasteiger partial charge >= 0.3 is 0 Å². The number of anilines is 1. The molecule has 0 atom stereocenters. The minimum Gasteiger partial charge on any atom is -0.486 e. The molecule has 2 aromatic heterocycles. The molecule has 0 bridgehead atoms. The van der Waals surface area contributed by atoms with Crippen LogP contribution < -0.4 is 20.3 Å². The summed E-state index contributed by atoms with van der Waals surface area (Å²) < 4.78 is 12.5. The van der Waals surface area contributed by atoms with Gasteiger partial charge < -0.3 is 14.8 Å². The molecule has 0 fully saturated rings. The van der Waals surface area contributed by atoms with Crippen LogP contribution in [0.2, 0.25) is 0 Å². The number of aromatic nitrogens is 4. The number of hydrogen-bond acceptors (Lipinski definition) is 7. The maximum atomic E-state index is 12.1. The van der Waals surface area contributed by atoms with E-state index in [1.165, 1.54) is 17.8 Å². The lowest BCUT2D eigenvalue weighted by Gasteiger charge is -2.18. The molecule has 128 valence electrons. The van der Waals surface area contributed by atoms with E-state index in [4.69, 9.17) is 9.47 Å². The minimum atomic E-state index is -0.257. The number of hydrogen-bond donors (Lipinski definition) is 2. The molecule has 0 radical (unpaired) electrons. The predicted octanol–water partition coefficient (Wildman–Crippen LogP) is 0.920. The van der Waals surface area contributed by atoms with Gasteiger partial charge in [-0.3, -0.25) is 19.0 Å². The number of aromatic amines is 1. The van der Waals surface area contributed by atoms with Gasteiger partial charge in [0.25, 0.3) is 5.56 Å². The lowest BCUT2D eigenvalue weighted by molar-refractivity contribution is -0.113. The highest BCUT2D eigenvalue weighted by atomic mass is 32.2. The summed E-state index contributed by atoms with van der Waals surface area (Å²) in [5.41, 5.74) is 0.373. The predicted molar refractivity (Wildman–Crippen MR) is 90.4 cm³/mol. The molecule has 3 aromatic rings. The molecule has 1 amide bonds. The van der Waals surface area contributed by atoms with E-state index in [9.17, 15) is 9.59 Å². The number of ether oxygens (including phenoxy) is 2. The van der Waals surface area contributed by atoms with Gasteiger partial charge in [0.1, 0.15) is 13.2 Å². The summed E-state index contributed by atoms with van der Waals surface area (Å²) in [5.74, 6) is 1.57. The quantitative estimate of drug-likeness (QED) is 0.666. The second-order valence-corrected chi connectivity index (χ2v) is 6.12. The maximum Gasteiger partial charge on any atom is 0.252 e. The van der Waals surface area contributed by atoms with Crippen molar-refractivity contribution in [1.29, 1.82) is 0 Å². The van der Waals surface area contributed by atoms with Crippen molar-refractivity contribution in [1.82, 2.24) is 19.6 Å². The fourth-order valence-corrected chi connectivity index (χ4v) is 3.05. The molecule has 25 heavy (non-hydrogen) atoms. The fourth-order valence-electron chi connectivity index (χ4n) is 2.34. The number of fused-ring (bicyclic) bond motifs is 2. The Balaban J connectivity index is 1.41. The first-order chi connectivity index (χ1) is 12.2. The molecule has 2 N–H and O–H groups in total. The monoisotopic (exact) mass is 359 g/mol. The normalized spacial score (nSPS) is 13.0. The van der Waals surface area contributed by atoms with Gasteiger partial charge in [0.2, 0.25) is 11.7 Å². The zero-order chi connectivity index (χ0) is 17.2. The number of nitrogens with one attached hydrogen (secondary N) is 2. The van der Waals surface area contributed by atoms with Crippen LogP contribution in [0.5, 0.6) is 11.5 Å². The zero-order valence-electron chi connectivity index (χ0n) is 12.9. The van der Waals surface area contributed by atoms with Crippen molar-refractivity contribution in [3.05, 3.63) is 40.8 Å². The molecule has 10 heteroatoms. The molecule has 0 spiro atoms. The zero-order valence-corrected chi connectivity index (χ0v) is 13.7. The number of rotatable bonds is 4. The third kappa shape index (κ3) is 3.29. The van der Waals surface area contributed by atoms with Crippen LogP contribution in [0, 0.1) is 0 Å². The Kier molecular flexibility index (Phi) is 4.02. The number of carbonyl (C=O) groups is 1. The van der Waals surface area contributed by atoms with Crippen molar-refractivity contribution in [3.8, 4) is 11.5 Å². The molecular formula is C15H13N5O4S. The first-order valence-electron chi connectivity index (χ1n) is 7.45. The van der Waals surface area contributed by atoms with E-state index in [-0.39, 0.29) is 17.2 Å². The number of amides is 1. The van der Waals surface area contributed by atoms with Gasteiger partial charge in [-0.25, -0.2) is 0 Å². The summed E-state index contributed by atoms with van der Waals surface area (Å²) in [6.45, 7) is 1.01. The molecular weight excluding hydrogens is 346 g/mol. The van der Waals surface area contributed by atoms with Gasteiger partial charge in [0.05, 0.1) is 5.75 Å². The van der Waals surface area contributed by atoms with E-state index in [1.54, 1.807) is 28.8 Å². The van der Waals surface area contributed by atoms with Gasteiger partial charge in [-0.05, 0) is 12.1 Å². The number of carbonyl (C=O) groups excluding carboxylic acids is 1. The fraction of sp³-hybridized carbons (Fsp3) is 0.200. The summed E-state index contributed by atoms with van der Waals surface area (Å²) in [4.78, 5) is 25.9. The first-order valence-corrected chi connectivity index (χ1v) is 8.44. The Morgan fingerprint density at radius 2 is 2.08 bits per heavy atom. The van der Waals surface area contributed by atoms with Gasteiger partial charge in [0.15, 0.2) is 16.7 Å². The highest BCUT2D eigenvalue weighted by molar-refractivity contribution is 7.99. The van der Waals surface area contributed by atoms with E-state index in [2.05, 4.69) is 20.5 Å². The van der Waals surface area contributed by atoms with Gasteiger partial charge in [-0.2, -0.15) is 0 Å². The summed E-state index contributed by atoms with van der Waals surface area (Å²) in [6.07, 6.45) is 1.56. The highest BCUT2D eigenvalue weighted by Crippen LogP contribution is 2.32. The molecule has 3 heterocycles. The van der Waals surface area contributed by atoms with Crippen LogP contribution >= 0.6 is 11.8 Å².